The zero-order valence-electron chi connectivity index (χ0n) is 9.47. The van der Waals surface area contributed by atoms with E-state index in [4.69, 9.17) is 10.9 Å². The smallest absolute Gasteiger partial charge is 0.272 e. The molecule has 0 bridgehead atoms. The van der Waals surface area contributed by atoms with Crippen molar-refractivity contribution < 1.29 is 9.90 Å². The quantitative estimate of drug-likeness (QED) is 0.500. The molecule has 1 fully saturated rings. The lowest BCUT2D eigenvalue weighted by Gasteiger charge is -2.15. The first-order valence-corrected chi connectivity index (χ1v) is 5.57. The number of anilines is 1. The van der Waals surface area contributed by atoms with Gasteiger partial charge in [-0.3, -0.25) is 10.6 Å². The van der Waals surface area contributed by atoms with Gasteiger partial charge < -0.3 is 15.4 Å². The molecule has 1 aromatic heterocycles. The number of amides is 1. The summed E-state index contributed by atoms with van der Waals surface area (Å²) in [5.41, 5.74) is 3.53. The second-order valence-electron chi connectivity index (χ2n) is 4.16. The zero-order chi connectivity index (χ0) is 12.3. The predicted molar refractivity (Wildman–Crippen MR) is 63.1 cm³/mol. The average Bonchev–Trinajstić information content (AvgIpc) is 2.87. The van der Waals surface area contributed by atoms with Crippen molar-refractivity contribution in [3.63, 3.8) is 0 Å². The molecule has 0 radical (unpaired) electrons. The summed E-state index contributed by atoms with van der Waals surface area (Å²) < 4.78 is 0. The fraction of sp³-hybridized carbons (Fsp3) is 0.455. The molecule has 1 atom stereocenters. The summed E-state index contributed by atoms with van der Waals surface area (Å²) in [6.45, 7) is 1.42. The van der Waals surface area contributed by atoms with E-state index in [-0.39, 0.29) is 18.4 Å². The van der Waals surface area contributed by atoms with E-state index in [2.05, 4.69) is 10.4 Å². The first-order valence-electron chi connectivity index (χ1n) is 5.57. The van der Waals surface area contributed by atoms with Gasteiger partial charge in [-0.25, -0.2) is 4.98 Å². The van der Waals surface area contributed by atoms with Crippen LogP contribution in [0.1, 0.15) is 16.9 Å². The van der Waals surface area contributed by atoms with Crippen molar-refractivity contribution in [2.75, 3.05) is 25.1 Å². The molecule has 1 amide bonds. The molecule has 4 N–H and O–H groups in total. The molecule has 1 saturated heterocycles. The summed E-state index contributed by atoms with van der Waals surface area (Å²) in [5, 5.41) is 9.03. The summed E-state index contributed by atoms with van der Waals surface area (Å²) in [4.78, 5) is 17.8. The van der Waals surface area contributed by atoms with Gasteiger partial charge in [-0.15, -0.1) is 0 Å². The van der Waals surface area contributed by atoms with E-state index in [0.29, 0.717) is 24.5 Å². The van der Waals surface area contributed by atoms with Crippen molar-refractivity contribution in [2.45, 2.75) is 6.42 Å². The minimum atomic E-state index is -0.0930. The number of hydrogen-bond donors (Lipinski definition) is 3. The molecule has 92 valence electrons. The topological polar surface area (TPSA) is 91.5 Å². The van der Waals surface area contributed by atoms with Crippen LogP contribution in [0.25, 0.3) is 0 Å². The molecule has 1 aliphatic heterocycles. The number of nitrogens with two attached hydrogens (primary N) is 1. The van der Waals surface area contributed by atoms with Crippen LogP contribution in [0.4, 0.5) is 5.69 Å². The Morgan fingerprint density at radius 2 is 2.47 bits per heavy atom. The Morgan fingerprint density at radius 1 is 1.65 bits per heavy atom. The molecule has 2 heterocycles. The fourth-order valence-corrected chi connectivity index (χ4v) is 1.93. The zero-order valence-corrected chi connectivity index (χ0v) is 9.47. The van der Waals surface area contributed by atoms with E-state index >= 15 is 0 Å². The molecule has 0 saturated carbocycles. The monoisotopic (exact) mass is 236 g/mol. The summed E-state index contributed by atoms with van der Waals surface area (Å²) in [5.74, 6) is 5.33. The van der Waals surface area contributed by atoms with Crippen LogP contribution < -0.4 is 11.3 Å². The largest absolute Gasteiger partial charge is 0.396 e. The Kier molecular flexibility index (Phi) is 3.55. The highest BCUT2D eigenvalue weighted by molar-refractivity contribution is 5.92. The van der Waals surface area contributed by atoms with Gasteiger partial charge in [0.1, 0.15) is 5.69 Å². The molecule has 1 aliphatic rings. The van der Waals surface area contributed by atoms with Crippen LogP contribution in [0.15, 0.2) is 18.3 Å². The summed E-state index contributed by atoms with van der Waals surface area (Å²) in [7, 11) is 0. The lowest BCUT2D eigenvalue weighted by atomic mass is 10.1. The van der Waals surface area contributed by atoms with E-state index < -0.39 is 0 Å². The minimum Gasteiger partial charge on any atom is -0.396 e. The molecule has 0 spiro atoms. The molecular formula is C11H16N4O2. The van der Waals surface area contributed by atoms with Crippen LogP contribution in [0, 0.1) is 5.92 Å². The van der Waals surface area contributed by atoms with Gasteiger partial charge in [-0.05, 0) is 18.6 Å². The maximum atomic E-state index is 12.0. The SMILES string of the molecule is NNc1ccc(C(=O)N2CCC(CO)C2)nc1. The van der Waals surface area contributed by atoms with Gasteiger partial charge >= 0.3 is 0 Å². The van der Waals surface area contributed by atoms with Crippen LogP contribution in [-0.4, -0.2) is 40.6 Å². The number of carbonyl (C=O) groups is 1. The predicted octanol–water partition coefficient (Wildman–Crippen LogP) is -0.178. The lowest BCUT2D eigenvalue weighted by Crippen LogP contribution is -2.29. The third-order valence-electron chi connectivity index (χ3n) is 2.98. The van der Waals surface area contributed by atoms with E-state index in [1.54, 1.807) is 17.0 Å². The number of likely N-dealkylation sites (tertiary alicyclic amines) is 1. The average molecular weight is 236 g/mol. The van der Waals surface area contributed by atoms with Crippen molar-refractivity contribution in [2.24, 2.45) is 11.8 Å². The third kappa shape index (κ3) is 2.54. The second kappa shape index (κ2) is 5.11. The number of hydrazine groups is 1. The Morgan fingerprint density at radius 3 is 3.00 bits per heavy atom. The number of aromatic nitrogens is 1. The highest BCUT2D eigenvalue weighted by Gasteiger charge is 2.26. The first-order chi connectivity index (χ1) is 8.24. The van der Waals surface area contributed by atoms with Gasteiger partial charge in [-0.2, -0.15) is 0 Å². The Labute approximate surface area is 99.4 Å². The highest BCUT2D eigenvalue weighted by Crippen LogP contribution is 2.17. The van der Waals surface area contributed by atoms with Gasteiger partial charge in [-0.1, -0.05) is 0 Å². The number of aliphatic hydroxyl groups excluding tert-OH is 1. The standard InChI is InChI=1S/C11H16N4O2/c12-14-9-1-2-10(13-5-9)11(17)15-4-3-8(6-15)7-16/h1-2,5,8,14,16H,3-4,6-7,12H2. The molecule has 1 unspecified atom stereocenters. The van der Waals surface area contributed by atoms with Crippen molar-refractivity contribution >= 4 is 11.6 Å². The van der Waals surface area contributed by atoms with Gasteiger partial charge in [0.25, 0.3) is 5.91 Å². The Bertz CT molecular complexity index is 393. The number of pyridine rings is 1. The van der Waals surface area contributed by atoms with Gasteiger partial charge in [0, 0.05) is 25.6 Å². The number of hydrogen-bond acceptors (Lipinski definition) is 5. The van der Waals surface area contributed by atoms with Crippen LogP contribution in [-0.2, 0) is 0 Å². The van der Waals surface area contributed by atoms with Crippen molar-refractivity contribution in [3.8, 4) is 0 Å². The molecule has 0 aliphatic carbocycles. The normalized spacial score (nSPS) is 19.4. The summed E-state index contributed by atoms with van der Waals surface area (Å²) >= 11 is 0. The van der Waals surface area contributed by atoms with Crippen LogP contribution >= 0.6 is 0 Å². The second-order valence-corrected chi connectivity index (χ2v) is 4.16. The van der Waals surface area contributed by atoms with E-state index in [1.807, 2.05) is 0 Å². The van der Waals surface area contributed by atoms with Gasteiger partial charge in [0.15, 0.2) is 0 Å². The molecule has 6 nitrogen and oxygen atoms in total. The molecule has 0 aromatic carbocycles. The van der Waals surface area contributed by atoms with Crippen LogP contribution in [0.5, 0.6) is 0 Å². The molecule has 6 heteroatoms. The number of nitrogens with zero attached hydrogens (tertiary/aromatic N) is 2. The van der Waals surface area contributed by atoms with Crippen molar-refractivity contribution in [3.05, 3.63) is 24.0 Å². The number of carbonyl (C=O) groups excluding carboxylic acids is 1. The first kappa shape index (κ1) is 11.8. The summed E-state index contributed by atoms with van der Waals surface area (Å²) in [6, 6.07) is 3.35. The van der Waals surface area contributed by atoms with Gasteiger partial charge in [0.2, 0.25) is 0 Å². The molecule has 17 heavy (non-hydrogen) atoms. The lowest BCUT2D eigenvalue weighted by molar-refractivity contribution is 0.0776. The number of rotatable bonds is 3. The van der Waals surface area contributed by atoms with E-state index in [9.17, 15) is 4.79 Å². The Balaban J connectivity index is 2.04. The number of aliphatic hydroxyl groups is 1. The van der Waals surface area contributed by atoms with Crippen LogP contribution in [0.3, 0.4) is 0 Å². The third-order valence-corrected chi connectivity index (χ3v) is 2.98. The number of nitrogen functional groups attached to an aromatic ring is 1. The molecule has 1 aromatic rings. The maximum Gasteiger partial charge on any atom is 0.272 e. The number of nitrogens with one attached hydrogen (secondary N) is 1. The van der Waals surface area contributed by atoms with Crippen molar-refractivity contribution in [1.29, 1.82) is 0 Å². The summed E-state index contributed by atoms with van der Waals surface area (Å²) in [6.07, 6.45) is 2.37. The maximum absolute atomic E-state index is 12.0. The van der Waals surface area contributed by atoms with Gasteiger partial charge in [0.05, 0.1) is 11.9 Å². The highest BCUT2D eigenvalue weighted by atomic mass is 16.3. The Hall–Kier alpha value is -1.66. The van der Waals surface area contributed by atoms with E-state index in [0.717, 1.165) is 6.42 Å². The van der Waals surface area contributed by atoms with Crippen LogP contribution in [0.2, 0.25) is 0 Å². The molecule has 2 rings (SSSR count). The van der Waals surface area contributed by atoms with Crippen molar-refractivity contribution in [1.82, 2.24) is 9.88 Å². The fourth-order valence-electron chi connectivity index (χ4n) is 1.93. The minimum absolute atomic E-state index is 0.0930. The molecular weight excluding hydrogens is 220 g/mol. The van der Waals surface area contributed by atoms with E-state index in [1.165, 1.54) is 6.20 Å².